The van der Waals surface area contributed by atoms with Crippen molar-refractivity contribution in [3.8, 4) is 0 Å². The van der Waals surface area contributed by atoms with Crippen molar-refractivity contribution in [1.82, 2.24) is 0 Å². The molecule has 0 aliphatic rings. The van der Waals surface area contributed by atoms with Gasteiger partial charge in [0.1, 0.15) is 0 Å². The van der Waals surface area contributed by atoms with Crippen LogP contribution in [0.3, 0.4) is 0 Å². The zero-order valence-corrected chi connectivity index (χ0v) is 12.4. The first-order valence-corrected chi connectivity index (χ1v) is 7.44. The molecule has 0 amide bonds. The molecule has 20 heavy (non-hydrogen) atoms. The topological polar surface area (TPSA) is 24.1 Å². The zero-order chi connectivity index (χ0) is 14.2. The van der Waals surface area contributed by atoms with Crippen molar-refractivity contribution in [2.75, 3.05) is 17.2 Å². The summed E-state index contributed by atoms with van der Waals surface area (Å²) in [6.45, 7) is 5.57. The summed E-state index contributed by atoms with van der Waals surface area (Å²) in [5, 5.41) is 6.88. The van der Waals surface area contributed by atoms with Gasteiger partial charge < -0.3 is 10.6 Å². The molecular weight excluding hydrogens is 244 g/mol. The smallest absolute Gasteiger partial charge is 0.0385 e. The van der Waals surface area contributed by atoms with Crippen LogP contribution < -0.4 is 10.6 Å². The third-order valence-electron chi connectivity index (χ3n) is 3.38. The van der Waals surface area contributed by atoms with Gasteiger partial charge in [-0.05, 0) is 48.7 Å². The molecule has 0 radical (unpaired) electrons. The summed E-state index contributed by atoms with van der Waals surface area (Å²) in [5.74, 6) is 0.724. The highest BCUT2D eigenvalue weighted by Crippen LogP contribution is 2.19. The van der Waals surface area contributed by atoms with E-state index in [0.29, 0.717) is 0 Å². The SMILES string of the molecule is CCCC(C)CNc1ccc(Nc2ccccc2)cc1. The number of hydrogen-bond donors (Lipinski definition) is 2. The lowest BCUT2D eigenvalue weighted by molar-refractivity contribution is 0.551. The number of anilines is 3. The van der Waals surface area contributed by atoms with Gasteiger partial charge in [0.2, 0.25) is 0 Å². The molecule has 1 unspecified atom stereocenters. The number of nitrogens with one attached hydrogen (secondary N) is 2. The average molecular weight is 268 g/mol. The second kappa shape index (κ2) is 7.59. The molecule has 2 rings (SSSR count). The molecule has 2 heteroatoms. The van der Waals surface area contributed by atoms with E-state index in [4.69, 9.17) is 0 Å². The lowest BCUT2D eigenvalue weighted by atomic mass is 10.1. The lowest BCUT2D eigenvalue weighted by Gasteiger charge is -2.13. The van der Waals surface area contributed by atoms with Crippen LogP contribution in [0.2, 0.25) is 0 Å². The molecule has 0 aromatic heterocycles. The summed E-state index contributed by atoms with van der Waals surface area (Å²) in [6.07, 6.45) is 2.53. The Morgan fingerprint density at radius 3 is 2.10 bits per heavy atom. The first-order chi connectivity index (χ1) is 9.78. The number of hydrogen-bond acceptors (Lipinski definition) is 2. The normalized spacial score (nSPS) is 11.9. The molecule has 0 saturated carbocycles. The molecule has 0 spiro atoms. The maximum atomic E-state index is 3.49. The Bertz CT molecular complexity index is 491. The van der Waals surface area contributed by atoms with E-state index in [1.54, 1.807) is 0 Å². The van der Waals surface area contributed by atoms with Gasteiger partial charge >= 0.3 is 0 Å². The molecule has 106 valence electrons. The summed E-state index contributed by atoms with van der Waals surface area (Å²) >= 11 is 0. The van der Waals surface area contributed by atoms with E-state index in [2.05, 4.69) is 60.9 Å². The van der Waals surface area contributed by atoms with Gasteiger partial charge in [0.05, 0.1) is 0 Å². The molecule has 0 aliphatic carbocycles. The van der Waals surface area contributed by atoms with E-state index in [1.807, 2.05) is 18.2 Å². The summed E-state index contributed by atoms with van der Waals surface area (Å²) in [5.41, 5.74) is 3.42. The largest absolute Gasteiger partial charge is 0.385 e. The Balaban J connectivity index is 1.87. The van der Waals surface area contributed by atoms with Gasteiger partial charge in [-0.2, -0.15) is 0 Å². The quantitative estimate of drug-likeness (QED) is 0.714. The lowest BCUT2D eigenvalue weighted by Crippen LogP contribution is -2.10. The van der Waals surface area contributed by atoms with Crippen LogP contribution in [0.4, 0.5) is 17.1 Å². The molecule has 1 atom stereocenters. The van der Waals surface area contributed by atoms with E-state index in [-0.39, 0.29) is 0 Å². The predicted octanol–water partition coefficient (Wildman–Crippen LogP) is 5.28. The fraction of sp³-hybridized carbons (Fsp3) is 0.333. The van der Waals surface area contributed by atoms with Gasteiger partial charge in [0.25, 0.3) is 0 Å². The van der Waals surface area contributed by atoms with Crippen molar-refractivity contribution >= 4 is 17.1 Å². The summed E-state index contributed by atoms with van der Waals surface area (Å²) in [4.78, 5) is 0. The minimum atomic E-state index is 0.724. The van der Waals surface area contributed by atoms with E-state index >= 15 is 0 Å². The second-order valence-corrected chi connectivity index (χ2v) is 5.34. The van der Waals surface area contributed by atoms with Crippen LogP contribution in [0, 0.1) is 5.92 Å². The van der Waals surface area contributed by atoms with Gasteiger partial charge in [-0.15, -0.1) is 0 Å². The summed E-state index contributed by atoms with van der Waals surface area (Å²) in [7, 11) is 0. The number of para-hydroxylation sites is 1. The minimum Gasteiger partial charge on any atom is -0.385 e. The van der Waals surface area contributed by atoms with Crippen molar-refractivity contribution in [3.63, 3.8) is 0 Å². The predicted molar refractivity (Wildman–Crippen MR) is 88.7 cm³/mol. The summed E-state index contributed by atoms with van der Waals surface area (Å²) < 4.78 is 0. The fourth-order valence-electron chi connectivity index (χ4n) is 2.25. The molecule has 2 aromatic rings. The molecule has 0 bridgehead atoms. The first-order valence-electron chi connectivity index (χ1n) is 7.44. The highest BCUT2D eigenvalue weighted by molar-refractivity contribution is 5.62. The minimum absolute atomic E-state index is 0.724. The molecule has 0 heterocycles. The van der Waals surface area contributed by atoms with Crippen molar-refractivity contribution < 1.29 is 0 Å². The van der Waals surface area contributed by atoms with Crippen molar-refractivity contribution in [3.05, 3.63) is 54.6 Å². The van der Waals surface area contributed by atoms with E-state index in [9.17, 15) is 0 Å². The van der Waals surface area contributed by atoms with Crippen LogP contribution in [0.15, 0.2) is 54.6 Å². The van der Waals surface area contributed by atoms with Crippen LogP contribution in [-0.2, 0) is 0 Å². The Morgan fingerprint density at radius 2 is 1.45 bits per heavy atom. The average Bonchev–Trinajstić information content (AvgIpc) is 2.48. The van der Waals surface area contributed by atoms with Gasteiger partial charge in [-0.25, -0.2) is 0 Å². The molecule has 2 N–H and O–H groups in total. The van der Waals surface area contributed by atoms with Gasteiger partial charge in [-0.3, -0.25) is 0 Å². The van der Waals surface area contributed by atoms with Crippen molar-refractivity contribution in [1.29, 1.82) is 0 Å². The Labute approximate surface area is 122 Å². The van der Waals surface area contributed by atoms with Crippen LogP contribution >= 0.6 is 0 Å². The molecule has 0 aliphatic heterocycles. The molecule has 2 nitrogen and oxygen atoms in total. The van der Waals surface area contributed by atoms with Crippen LogP contribution in [0.25, 0.3) is 0 Å². The Hall–Kier alpha value is -1.96. The maximum absolute atomic E-state index is 3.49. The first kappa shape index (κ1) is 14.4. The van der Waals surface area contributed by atoms with Crippen molar-refractivity contribution in [2.45, 2.75) is 26.7 Å². The molecule has 0 saturated heterocycles. The monoisotopic (exact) mass is 268 g/mol. The van der Waals surface area contributed by atoms with E-state index in [0.717, 1.165) is 23.8 Å². The van der Waals surface area contributed by atoms with Crippen LogP contribution in [0.1, 0.15) is 26.7 Å². The second-order valence-electron chi connectivity index (χ2n) is 5.34. The van der Waals surface area contributed by atoms with Gasteiger partial charge in [-0.1, -0.05) is 38.5 Å². The molecular formula is C18H24N2. The van der Waals surface area contributed by atoms with Gasteiger partial charge in [0.15, 0.2) is 0 Å². The van der Waals surface area contributed by atoms with Crippen molar-refractivity contribution in [2.24, 2.45) is 5.92 Å². The fourth-order valence-corrected chi connectivity index (χ4v) is 2.25. The maximum Gasteiger partial charge on any atom is 0.0385 e. The summed E-state index contributed by atoms with van der Waals surface area (Å²) in [6, 6.07) is 18.7. The zero-order valence-electron chi connectivity index (χ0n) is 12.4. The highest BCUT2D eigenvalue weighted by Gasteiger charge is 2.00. The molecule has 0 fully saturated rings. The van der Waals surface area contributed by atoms with Crippen LogP contribution in [-0.4, -0.2) is 6.54 Å². The third-order valence-corrected chi connectivity index (χ3v) is 3.38. The standard InChI is InChI=1S/C18H24N2/c1-3-7-15(2)14-19-16-10-12-18(13-11-16)20-17-8-5-4-6-9-17/h4-6,8-13,15,19-20H,3,7,14H2,1-2H3. The van der Waals surface area contributed by atoms with E-state index in [1.165, 1.54) is 18.5 Å². The Morgan fingerprint density at radius 1 is 0.850 bits per heavy atom. The van der Waals surface area contributed by atoms with Gasteiger partial charge in [0, 0.05) is 23.6 Å². The highest BCUT2D eigenvalue weighted by atomic mass is 14.9. The Kier molecular flexibility index (Phi) is 5.48. The van der Waals surface area contributed by atoms with E-state index < -0.39 is 0 Å². The third kappa shape index (κ3) is 4.61. The number of benzene rings is 2. The van der Waals surface area contributed by atoms with Crippen LogP contribution in [0.5, 0.6) is 0 Å². The molecule has 2 aromatic carbocycles. The number of rotatable bonds is 7.